The highest BCUT2D eigenvalue weighted by Crippen LogP contribution is 2.42. The van der Waals surface area contributed by atoms with Crippen LogP contribution in [0.15, 0.2) is 12.1 Å². The lowest BCUT2D eigenvalue weighted by Gasteiger charge is -2.26. The number of hydrogen-bond acceptors (Lipinski definition) is 5. The molecule has 0 aliphatic rings. The molecule has 0 fully saturated rings. The van der Waals surface area contributed by atoms with Crippen LogP contribution in [0.1, 0.15) is 135 Å². The number of benzene rings is 1. The molecule has 0 saturated carbocycles. The van der Waals surface area contributed by atoms with E-state index in [4.69, 9.17) is 18.9 Å². The van der Waals surface area contributed by atoms with Gasteiger partial charge < -0.3 is 18.9 Å². The minimum atomic E-state index is -0.346. The summed E-state index contributed by atoms with van der Waals surface area (Å²) in [5, 5.41) is 0.899. The van der Waals surface area contributed by atoms with Crippen molar-refractivity contribution >= 4 is 21.9 Å². The lowest BCUT2D eigenvalue weighted by molar-refractivity contribution is 0.0498. The van der Waals surface area contributed by atoms with Crippen molar-refractivity contribution < 1.29 is 23.7 Å². The van der Waals surface area contributed by atoms with E-state index in [1.807, 2.05) is 0 Å². The van der Waals surface area contributed by atoms with E-state index >= 15 is 0 Å². The first-order valence-electron chi connectivity index (χ1n) is 15.3. The van der Waals surface area contributed by atoms with Crippen LogP contribution in [0.5, 0.6) is 17.2 Å². The predicted octanol–water partition coefficient (Wildman–Crippen LogP) is 9.92. The van der Waals surface area contributed by atoms with Crippen LogP contribution < -0.4 is 14.2 Å². The minimum absolute atomic E-state index is 0.0505. The van der Waals surface area contributed by atoms with Crippen molar-refractivity contribution in [1.29, 1.82) is 0 Å². The average Bonchev–Trinajstić information content (AvgIpc) is 2.93. The average molecular weight is 600 g/mol. The van der Waals surface area contributed by atoms with Gasteiger partial charge in [-0.15, -0.1) is 0 Å². The van der Waals surface area contributed by atoms with E-state index in [1.54, 1.807) is 12.1 Å². The number of carbonyl (C=O) groups is 1. The lowest BCUT2D eigenvalue weighted by atomic mass is 10.0. The Kier molecular flexibility index (Phi) is 19.5. The highest BCUT2D eigenvalue weighted by Gasteiger charge is 2.24. The number of unbranched alkanes of at least 4 members (excludes halogenated alkanes) is 3. The summed E-state index contributed by atoms with van der Waals surface area (Å²) in [6, 6.07) is 3.60. The molecule has 1 aromatic carbocycles. The molecule has 1 aromatic rings. The van der Waals surface area contributed by atoms with Crippen molar-refractivity contribution in [3.8, 4) is 17.2 Å². The molecule has 5 nitrogen and oxygen atoms in total. The highest BCUT2D eigenvalue weighted by molar-refractivity contribution is 9.09. The van der Waals surface area contributed by atoms with E-state index in [-0.39, 0.29) is 18.2 Å². The van der Waals surface area contributed by atoms with Crippen molar-refractivity contribution in [3.05, 3.63) is 17.7 Å². The fourth-order valence-electron chi connectivity index (χ4n) is 4.35. The van der Waals surface area contributed by atoms with E-state index in [0.29, 0.717) is 41.9 Å². The third kappa shape index (κ3) is 13.1. The Hall–Kier alpha value is -1.43. The van der Waals surface area contributed by atoms with Gasteiger partial charge in [0, 0.05) is 5.33 Å². The van der Waals surface area contributed by atoms with Crippen molar-refractivity contribution in [3.63, 3.8) is 0 Å². The van der Waals surface area contributed by atoms with Crippen LogP contribution in [0.25, 0.3) is 0 Å². The summed E-state index contributed by atoms with van der Waals surface area (Å²) >= 11 is 3.44. The smallest absolute Gasteiger partial charge is 0.338 e. The fourth-order valence-corrected chi connectivity index (χ4v) is 4.75. The van der Waals surface area contributed by atoms with Gasteiger partial charge >= 0.3 is 5.97 Å². The van der Waals surface area contributed by atoms with Crippen LogP contribution in [0.2, 0.25) is 0 Å². The summed E-state index contributed by atoms with van der Waals surface area (Å²) in [6.07, 6.45) is 13.4. The van der Waals surface area contributed by atoms with E-state index in [1.165, 1.54) is 12.8 Å². The van der Waals surface area contributed by atoms with Gasteiger partial charge in [-0.2, -0.15) is 0 Å². The molecule has 38 heavy (non-hydrogen) atoms. The SMILES string of the molecule is CCCCC(CC)COc1cc(C(=O)OCCCCBr)cc(OC(CC)CCCC)c1OC(CC)CCC. The molecule has 0 spiro atoms. The van der Waals surface area contributed by atoms with Gasteiger partial charge in [-0.25, -0.2) is 4.79 Å². The highest BCUT2D eigenvalue weighted by atomic mass is 79.9. The maximum absolute atomic E-state index is 13.1. The first-order chi connectivity index (χ1) is 18.5. The van der Waals surface area contributed by atoms with Crippen molar-refractivity contribution in [2.24, 2.45) is 5.92 Å². The zero-order chi connectivity index (χ0) is 28.2. The summed E-state index contributed by atoms with van der Waals surface area (Å²) in [7, 11) is 0. The van der Waals surface area contributed by atoms with Gasteiger partial charge in [-0.3, -0.25) is 0 Å². The molecule has 0 aromatic heterocycles. The summed E-state index contributed by atoms with van der Waals surface area (Å²) < 4.78 is 25.2. The van der Waals surface area contributed by atoms with Gasteiger partial charge in [0.15, 0.2) is 11.5 Å². The zero-order valence-corrected chi connectivity index (χ0v) is 26.7. The number of hydrogen-bond donors (Lipinski definition) is 0. The van der Waals surface area contributed by atoms with E-state index < -0.39 is 0 Å². The number of halogens is 1. The molecular weight excluding hydrogens is 544 g/mol. The first kappa shape index (κ1) is 34.6. The third-order valence-corrected chi connectivity index (χ3v) is 7.58. The third-order valence-electron chi connectivity index (χ3n) is 7.01. The molecule has 0 N–H and O–H groups in total. The van der Waals surface area contributed by atoms with Crippen molar-refractivity contribution in [1.82, 2.24) is 0 Å². The molecule has 1 rings (SSSR count). The summed E-state index contributed by atoms with van der Waals surface area (Å²) in [6.45, 7) is 14.1. The largest absolute Gasteiger partial charge is 0.489 e. The Bertz CT molecular complexity index is 754. The number of esters is 1. The van der Waals surface area contributed by atoms with E-state index in [9.17, 15) is 4.79 Å². The second-order valence-electron chi connectivity index (χ2n) is 10.3. The summed E-state index contributed by atoms with van der Waals surface area (Å²) in [5.41, 5.74) is 0.455. The Morgan fingerprint density at radius 2 is 1.42 bits per heavy atom. The molecule has 3 unspecified atom stereocenters. The molecule has 0 aliphatic carbocycles. The standard InChI is InChI=1S/C32H55BrO5/c1-7-13-18-25(10-4)24-36-29-22-26(32(34)35-21-16-15-20-33)23-30(37-28(12-6)19-14-8-2)31(29)38-27(11-5)17-9-3/h22-23,25,27-28H,7-21,24H2,1-6H3. The van der Waals surface area contributed by atoms with Crippen LogP contribution in [0, 0.1) is 5.92 Å². The van der Waals surface area contributed by atoms with Crippen molar-refractivity contribution in [2.45, 2.75) is 137 Å². The van der Waals surface area contributed by atoms with Gasteiger partial charge in [0.2, 0.25) is 5.75 Å². The predicted molar refractivity (Wildman–Crippen MR) is 162 cm³/mol. The van der Waals surface area contributed by atoms with Crippen LogP contribution in [0.4, 0.5) is 0 Å². The normalized spacial score (nSPS) is 13.6. The molecule has 0 radical (unpaired) electrons. The minimum Gasteiger partial charge on any atom is -0.489 e. The number of rotatable bonds is 23. The van der Waals surface area contributed by atoms with Crippen LogP contribution >= 0.6 is 15.9 Å². The molecule has 0 bridgehead atoms. The Labute approximate surface area is 241 Å². The monoisotopic (exact) mass is 598 g/mol. The maximum Gasteiger partial charge on any atom is 0.338 e. The Morgan fingerprint density at radius 3 is 2.03 bits per heavy atom. The second kappa shape index (κ2) is 21.4. The summed E-state index contributed by atoms with van der Waals surface area (Å²) in [5.74, 6) is 1.92. The second-order valence-corrected chi connectivity index (χ2v) is 11.1. The van der Waals surface area contributed by atoms with Crippen molar-refractivity contribution in [2.75, 3.05) is 18.5 Å². The van der Waals surface area contributed by atoms with Crippen LogP contribution in [-0.2, 0) is 4.74 Å². The maximum atomic E-state index is 13.1. The molecule has 0 aliphatic heterocycles. The van der Waals surface area contributed by atoms with E-state index in [2.05, 4.69) is 57.5 Å². The van der Waals surface area contributed by atoms with E-state index in [0.717, 1.165) is 76.0 Å². The molecule has 6 heteroatoms. The molecule has 0 amide bonds. The number of ether oxygens (including phenoxy) is 4. The van der Waals surface area contributed by atoms with Crippen LogP contribution in [0.3, 0.4) is 0 Å². The molecule has 3 atom stereocenters. The van der Waals surface area contributed by atoms with Gasteiger partial charge in [0.05, 0.1) is 31.0 Å². The molecular formula is C32H55BrO5. The van der Waals surface area contributed by atoms with Gasteiger partial charge in [-0.05, 0) is 63.0 Å². The number of alkyl halides is 1. The topological polar surface area (TPSA) is 54.0 Å². The molecule has 220 valence electrons. The quantitative estimate of drug-likeness (QED) is 0.0712. The van der Waals surface area contributed by atoms with Gasteiger partial charge in [-0.1, -0.05) is 96.0 Å². The Balaban J connectivity index is 3.45. The van der Waals surface area contributed by atoms with Gasteiger partial charge in [0.1, 0.15) is 0 Å². The summed E-state index contributed by atoms with van der Waals surface area (Å²) in [4.78, 5) is 13.1. The number of carbonyl (C=O) groups excluding carboxylic acids is 1. The zero-order valence-electron chi connectivity index (χ0n) is 25.1. The molecule has 0 heterocycles. The van der Waals surface area contributed by atoms with Crippen LogP contribution in [-0.4, -0.2) is 36.7 Å². The van der Waals surface area contributed by atoms with Gasteiger partial charge in [0.25, 0.3) is 0 Å². The lowest BCUT2D eigenvalue weighted by Crippen LogP contribution is -2.20. The Morgan fingerprint density at radius 1 is 0.763 bits per heavy atom. The molecule has 0 saturated heterocycles. The first-order valence-corrected chi connectivity index (χ1v) is 16.5. The fraction of sp³-hybridized carbons (Fsp3) is 0.781.